The lowest BCUT2D eigenvalue weighted by Crippen LogP contribution is -2.49. The van der Waals surface area contributed by atoms with Gasteiger partial charge in [0.1, 0.15) is 0 Å². The molecule has 0 aromatic rings. The van der Waals surface area contributed by atoms with E-state index < -0.39 is 28.9 Å². The van der Waals surface area contributed by atoms with Gasteiger partial charge in [-0.1, -0.05) is 6.42 Å². The highest BCUT2D eigenvalue weighted by Gasteiger charge is 2.42. The molecule has 3 rings (SSSR count). The number of nitrogens with one attached hydrogen (secondary N) is 3. The van der Waals surface area contributed by atoms with Gasteiger partial charge in [-0.2, -0.15) is 11.8 Å². The SMILES string of the molecule is CC(C)(COC(C)(C)CC(=O)ON1C(=O)CCC1=O)NC(=O)CCCCC1SCC2NC(=O)NC21. The van der Waals surface area contributed by atoms with Crippen LogP contribution in [0.5, 0.6) is 0 Å². The molecule has 35 heavy (non-hydrogen) atoms. The topological polar surface area (TPSA) is 143 Å². The molecular weight excluding hydrogens is 476 g/mol. The third kappa shape index (κ3) is 7.83. The third-order valence-corrected chi connectivity index (χ3v) is 7.66. The average Bonchev–Trinajstić information content (AvgIpc) is 3.39. The molecule has 0 aromatic carbocycles. The molecule has 0 aliphatic carbocycles. The molecule has 3 heterocycles. The Morgan fingerprint density at radius 2 is 1.77 bits per heavy atom. The summed E-state index contributed by atoms with van der Waals surface area (Å²) in [6.07, 6.45) is 2.92. The first-order chi connectivity index (χ1) is 16.3. The van der Waals surface area contributed by atoms with Crippen molar-refractivity contribution in [1.29, 1.82) is 0 Å². The number of unbranched alkanes of at least 4 members (excludes halogenated alkanes) is 1. The summed E-state index contributed by atoms with van der Waals surface area (Å²) in [6, 6.07) is 0.290. The van der Waals surface area contributed by atoms with Gasteiger partial charge >= 0.3 is 12.0 Å². The van der Waals surface area contributed by atoms with E-state index in [9.17, 15) is 24.0 Å². The van der Waals surface area contributed by atoms with Crippen molar-refractivity contribution in [2.24, 2.45) is 0 Å². The number of carbonyl (C=O) groups is 5. The lowest BCUT2D eigenvalue weighted by Gasteiger charge is -2.32. The second-order valence-electron chi connectivity index (χ2n) is 10.6. The molecule has 0 saturated carbocycles. The fourth-order valence-electron chi connectivity index (χ4n) is 4.32. The number of carbonyl (C=O) groups excluding carboxylic acids is 5. The lowest BCUT2D eigenvalue weighted by molar-refractivity contribution is -0.201. The number of hydroxylamine groups is 2. The van der Waals surface area contributed by atoms with Crippen LogP contribution in [0.1, 0.15) is 72.6 Å². The Balaban J connectivity index is 1.32. The van der Waals surface area contributed by atoms with E-state index in [0.29, 0.717) is 16.7 Å². The summed E-state index contributed by atoms with van der Waals surface area (Å²) in [6.45, 7) is 7.24. The first-order valence-electron chi connectivity index (χ1n) is 12.1. The first-order valence-corrected chi connectivity index (χ1v) is 13.1. The summed E-state index contributed by atoms with van der Waals surface area (Å²) >= 11 is 1.86. The number of hydrogen-bond acceptors (Lipinski definition) is 8. The molecule has 3 unspecified atom stereocenters. The van der Waals surface area contributed by atoms with Gasteiger partial charge in [-0.05, 0) is 40.5 Å². The van der Waals surface area contributed by atoms with E-state index >= 15 is 0 Å². The van der Waals surface area contributed by atoms with Crippen molar-refractivity contribution in [3.63, 3.8) is 0 Å². The molecular formula is C23H36N4O7S. The maximum Gasteiger partial charge on any atom is 0.336 e. The lowest BCUT2D eigenvalue weighted by atomic mass is 10.0. The van der Waals surface area contributed by atoms with Crippen LogP contribution < -0.4 is 16.0 Å². The average molecular weight is 513 g/mol. The molecule has 0 aromatic heterocycles. The van der Waals surface area contributed by atoms with E-state index in [1.165, 1.54) is 0 Å². The van der Waals surface area contributed by atoms with Crippen LogP contribution in [0, 0.1) is 0 Å². The number of ether oxygens (including phenoxy) is 1. The number of hydrogen-bond donors (Lipinski definition) is 3. The van der Waals surface area contributed by atoms with Gasteiger partial charge in [0, 0.05) is 30.3 Å². The molecule has 3 fully saturated rings. The zero-order chi connectivity index (χ0) is 25.8. The highest BCUT2D eigenvalue weighted by atomic mass is 32.2. The second kappa shape index (κ2) is 11.2. The predicted octanol–water partition coefficient (Wildman–Crippen LogP) is 1.40. The van der Waals surface area contributed by atoms with E-state index in [4.69, 9.17) is 9.57 Å². The second-order valence-corrected chi connectivity index (χ2v) is 11.8. The molecule has 3 saturated heterocycles. The van der Waals surface area contributed by atoms with Gasteiger partial charge in [0.2, 0.25) is 5.91 Å². The highest BCUT2D eigenvalue weighted by Crippen LogP contribution is 2.33. The Morgan fingerprint density at radius 1 is 1.09 bits per heavy atom. The van der Waals surface area contributed by atoms with Gasteiger partial charge in [0.05, 0.1) is 36.3 Å². The third-order valence-electron chi connectivity index (χ3n) is 6.15. The molecule has 0 spiro atoms. The maximum absolute atomic E-state index is 12.5. The van der Waals surface area contributed by atoms with Gasteiger partial charge in [-0.3, -0.25) is 14.4 Å². The molecule has 3 aliphatic heterocycles. The van der Waals surface area contributed by atoms with Crippen LogP contribution in [0.15, 0.2) is 0 Å². The van der Waals surface area contributed by atoms with Crippen LogP contribution in [-0.4, -0.2) is 75.6 Å². The van der Waals surface area contributed by atoms with Crippen LogP contribution in [0.25, 0.3) is 0 Å². The molecule has 0 bridgehead atoms. The quantitative estimate of drug-likeness (QED) is 0.202. The molecule has 196 valence electrons. The molecule has 3 N–H and O–H groups in total. The highest BCUT2D eigenvalue weighted by molar-refractivity contribution is 8.00. The Bertz CT molecular complexity index is 847. The minimum absolute atomic E-state index is 0.0378. The standard InChI is InChI=1S/C23H36N4O7S/c1-22(2,13-33-23(3,4)11-19(31)34-27-17(29)9-10-18(27)30)26-16(28)8-6-5-7-15-20-14(12-35-15)24-21(32)25-20/h14-15,20H,5-13H2,1-4H3,(H,26,28)(H2,24,25,32). The van der Waals surface area contributed by atoms with Gasteiger partial charge < -0.3 is 25.5 Å². The summed E-state index contributed by atoms with van der Waals surface area (Å²) in [5.74, 6) is -0.945. The predicted molar refractivity (Wildman–Crippen MR) is 128 cm³/mol. The van der Waals surface area contributed by atoms with Crippen LogP contribution in [0.3, 0.4) is 0 Å². The van der Waals surface area contributed by atoms with Gasteiger partial charge in [0.15, 0.2) is 0 Å². The molecule has 0 radical (unpaired) electrons. The monoisotopic (exact) mass is 512 g/mol. The summed E-state index contributed by atoms with van der Waals surface area (Å²) in [5.41, 5.74) is -1.58. The zero-order valence-corrected chi connectivity index (χ0v) is 21.6. The van der Waals surface area contributed by atoms with E-state index in [2.05, 4.69) is 16.0 Å². The minimum atomic E-state index is -0.924. The smallest absolute Gasteiger partial charge is 0.336 e. The summed E-state index contributed by atoms with van der Waals surface area (Å²) in [7, 11) is 0. The number of urea groups is 1. The normalized spacial score (nSPS) is 24.3. The Hall–Kier alpha value is -2.34. The van der Waals surface area contributed by atoms with Crippen molar-refractivity contribution >= 4 is 41.5 Å². The zero-order valence-electron chi connectivity index (χ0n) is 20.8. The van der Waals surface area contributed by atoms with Crippen molar-refractivity contribution < 1.29 is 33.5 Å². The van der Waals surface area contributed by atoms with Crippen molar-refractivity contribution in [2.75, 3.05) is 12.4 Å². The summed E-state index contributed by atoms with van der Waals surface area (Å²) < 4.78 is 5.88. The molecule has 5 amide bonds. The number of rotatable bonds is 12. The van der Waals surface area contributed by atoms with Gasteiger partial charge in [-0.15, -0.1) is 5.06 Å². The van der Waals surface area contributed by atoms with Gasteiger partial charge in [-0.25, -0.2) is 9.59 Å². The number of imide groups is 1. The van der Waals surface area contributed by atoms with Crippen LogP contribution in [-0.2, 0) is 28.8 Å². The number of nitrogens with zero attached hydrogens (tertiary/aromatic N) is 1. The van der Waals surface area contributed by atoms with Crippen molar-refractivity contribution in [3.8, 4) is 0 Å². The van der Waals surface area contributed by atoms with E-state index in [1.54, 1.807) is 13.8 Å². The maximum atomic E-state index is 12.5. The molecule has 11 nitrogen and oxygen atoms in total. The molecule has 3 aliphatic rings. The number of thioether (sulfide) groups is 1. The molecule has 12 heteroatoms. The van der Waals surface area contributed by atoms with Crippen LogP contribution >= 0.6 is 11.8 Å². The Labute approximate surface area is 209 Å². The summed E-state index contributed by atoms with van der Waals surface area (Å²) in [5, 5.41) is 9.78. The van der Waals surface area contributed by atoms with E-state index in [0.717, 1.165) is 25.0 Å². The van der Waals surface area contributed by atoms with Crippen LogP contribution in [0.4, 0.5) is 4.79 Å². The largest absolute Gasteiger partial charge is 0.373 e. The first kappa shape index (κ1) is 27.3. The van der Waals surface area contributed by atoms with Gasteiger partial charge in [0.25, 0.3) is 11.8 Å². The van der Waals surface area contributed by atoms with E-state index in [-0.39, 0.29) is 49.9 Å². The van der Waals surface area contributed by atoms with Crippen molar-refractivity contribution in [1.82, 2.24) is 21.0 Å². The number of fused-ring (bicyclic) bond motifs is 1. The molecule has 3 atom stereocenters. The fourth-order valence-corrected chi connectivity index (χ4v) is 5.86. The minimum Gasteiger partial charge on any atom is -0.373 e. The number of amides is 5. The summed E-state index contributed by atoms with van der Waals surface area (Å²) in [4.78, 5) is 64.2. The van der Waals surface area contributed by atoms with Crippen molar-refractivity contribution in [2.45, 2.75) is 101 Å². The fraction of sp³-hybridized carbons (Fsp3) is 0.783. The Kier molecular flexibility index (Phi) is 8.68. The Morgan fingerprint density at radius 3 is 2.46 bits per heavy atom. The van der Waals surface area contributed by atoms with Crippen LogP contribution in [0.2, 0.25) is 0 Å². The van der Waals surface area contributed by atoms with E-state index in [1.807, 2.05) is 25.6 Å². The van der Waals surface area contributed by atoms with Crippen molar-refractivity contribution in [3.05, 3.63) is 0 Å².